The molecule has 0 spiro atoms. The highest BCUT2D eigenvalue weighted by Gasteiger charge is 2.41. The van der Waals surface area contributed by atoms with Crippen molar-refractivity contribution in [3.63, 3.8) is 0 Å². The van der Waals surface area contributed by atoms with E-state index in [0.717, 1.165) is 54.5 Å². The Labute approximate surface area is 183 Å². The van der Waals surface area contributed by atoms with Gasteiger partial charge in [0.15, 0.2) is 0 Å². The predicted molar refractivity (Wildman–Crippen MR) is 119 cm³/mol. The lowest BCUT2D eigenvalue weighted by Crippen LogP contribution is -2.54. The minimum atomic E-state index is -0.579. The van der Waals surface area contributed by atoms with Gasteiger partial charge >= 0.3 is 0 Å². The number of hydrogen-bond acceptors (Lipinski definition) is 5. The van der Waals surface area contributed by atoms with E-state index in [-0.39, 0.29) is 30.7 Å². The monoisotopic (exact) mass is 431 g/mol. The van der Waals surface area contributed by atoms with Crippen molar-refractivity contribution in [2.45, 2.75) is 70.4 Å². The summed E-state index contributed by atoms with van der Waals surface area (Å²) in [6.07, 6.45) is 4.79. The van der Waals surface area contributed by atoms with Crippen molar-refractivity contribution in [1.82, 2.24) is 19.8 Å². The van der Waals surface area contributed by atoms with Crippen molar-refractivity contribution >= 4 is 16.8 Å². The first kappa shape index (κ1) is 22.2. The first-order valence-corrected chi connectivity index (χ1v) is 11.5. The lowest BCUT2D eigenvalue weighted by Gasteiger charge is -2.36. The van der Waals surface area contributed by atoms with Gasteiger partial charge in [-0.15, -0.1) is 0 Å². The van der Waals surface area contributed by atoms with Crippen molar-refractivity contribution in [3.8, 4) is 0 Å². The van der Waals surface area contributed by atoms with E-state index in [9.17, 15) is 9.90 Å². The molecule has 3 atom stereocenters. The number of ether oxygens (including phenoxy) is 1. The van der Waals surface area contributed by atoms with Crippen LogP contribution in [0.3, 0.4) is 0 Å². The minimum absolute atomic E-state index is 0.0230. The maximum atomic E-state index is 13.5. The molecule has 2 fully saturated rings. The molecule has 2 aromatic rings. The molecule has 31 heavy (non-hydrogen) atoms. The molecule has 4 rings (SSSR count). The number of carbonyl (C=O) groups excluding carboxylic acids is 1. The highest BCUT2D eigenvalue weighted by atomic mass is 16.5. The summed E-state index contributed by atoms with van der Waals surface area (Å²) < 4.78 is 8.06. The standard InChI is InChI=1S/C23H34N4O4/c1-3-19-18-7-9-26(8-4-10-28)21(18)11-20(25-19)15(2)27(16-5-6-16)23(30)22-13-24-12-17(14-29)31-22/h7,9,11,15-17,22,24,28-29H,3-6,8,10,12-14H2,1-2H3/p+1/t15-,17+,22-/m1/s1. The van der Waals surface area contributed by atoms with Gasteiger partial charge in [-0.2, -0.15) is 0 Å². The Bertz CT molecular complexity index is 910. The van der Waals surface area contributed by atoms with Crippen molar-refractivity contribution < 1.29 is 19.7 Å². The van der Waals surface area contributed by atoms with Crippen LogP contribution in [0, 0.1) is 0 Å². The second-order valence-electron chi connectivity index (χ2n) is 8.63. The number of pyridine rings is 1. The Kier molecular flexibility index (Phi) is 6.91. The molecule has 8 heteroatoms. The van der Waals surface area contributed by atoms with Crippen molar-refractivity contribution in [3.05, 3.63) is 29.7 Å². The molecular formula is C23H35N4O4+. The summed E-state index contributed by atoms with van der Waals surface area (Å²) in [5.41, 5.74) is 3.07. The molecule has 0 bridgehead atoms. The topological polar surface area (TPSA) is 103 Å². The fraction of sp³-hybridized carbons (Fsp3) is 0.652. The second-order valence-corrected chi connectivity index (χ2v) is 8.63. The van der Waals surface area contributed by atoms with Crippen LogP contribution in [0.25, 0.3) is 10.9 Å². The number of aliphatic hydroxyl groups excluding tert-OH is 1. The van der Waals surface area contributed by atoms with Crippen LogP contribution in [0.2, 0.25) is 0 Å². The zero-order valence-corrected chi connectivity index (χ0v) is 18.5. The van der Waals surface area contributed by atoms with Gasteiger partial charge in [0.05, 0.1) is 30.0 Å². The van der Waals surface area contributed by atoms with Crippen LogP contribution in [-0.2, 0) is 22.5 Å². The van der Waals surface area contributed by atoms with Crippen LogP contribution in [0.15, 0.2) is 18.3 Å². The number of aliphatic hydroxyl groups is 1. The average Bonchev–Trinajstić information content (AvgIpc) is 3.55. The summed E-state index contributed by atoms with van der Waals surface area (Å²) >= 11 is 0. The Morgan fingerprint density at radius 2 is 2.26 bits per heavy atom. The normalized spacial score (nSPS) is 22.6. The molecule has 4 N–H and O–H groups in total. The molecule has 1 aliphatic carbocycles. The first-order valence-electron chi connectivity index (χ1n) is 11.5. The molecule has 3 heterocycles. The fourth-order valence-electron chi connectivity index (χ4n) is 4.51. The molecule has 0 aromatic carbocycles. The number of nitrogens with one attached hydrogen (secondary N) is 1. The zero-order valence-electron chi connectivity index (χ0n) is 18.5. The van der Waals surface area contributed by atoms with Gasteiger partial charge in [-0.1, -0.05) is 6.92 Å². The number of morpholine rings is 1. The summed E-state index contributed by atoms with van der Waals surface area (Å²) in [7, 11) is 0. The van der Waals surface area contributed by atoms with Crippen LogP contribution in [-0.4, -0.2) is 75.1 Å². The highest BCUT2D eigenvalue weighted by Crippen LogP contribution is 2.36. The van der Waals surface area contributed by atoms with Crippen LogP contribution >= 0.6 is 0 Å². The number of carbonyl (C=O) groups is 1. The molecule has 170 valence electrons. The SMILES string of the molecule is CCc1nc([C@@H](C)N(C(=O)[C@H]2CNC[C@@H](CO)O2)C2CC2)cc2c1ccn2CCC[OH2+]. The van der Waals surface area contributed by atoms with Crippen molar-refractivity contribution in [1.29, 1.82) is 0 Å². The molecular weight excluding hydrogens is 396 g/mol. The molecule has 1 saturated heterocycles. The van der Waals surface area contributed by atoms with E-state index >= 15 is 0 Å². The van der Waals surface area contributed by atoms with E-state index in [1.807, 2.05) is 4.90 Å². The molecule has 0 radical (unpaired) electrons. The number of nitrogens with zero attached hydrogens (tertiary/aromatic N) is 3. The van der Waals surface area contributed by atoms with Crippen LogP contribution < -0.4 is 5.32 Å². The Balaban J connectivity index is 1.64. The van der Waals surface area contributed by atoms with Crippen LogP contribution in [0.1, 0.15) is 50.5 Å². The smallest absolute Gasteiger partial charge is 0.253 e. The molecule has 1 aliphatic heterocycles. The molecule has 1 amide bonds. The highest BCUT2D eigenvalue weighted by molar-refractivity contribution is 5.84. The lowest BCUT2D eigenvalue weighted by atomic mass is 10.1. The molecule has 2 aliphatic rings. The summed E-state index contributed by atoms with van der Waals surface area (Å²) in [5.74, 6) is -0.0230. The lowest BCUT2D eigenvalue weighted by molar-refractivity contribution is -0.155. The quantitative estimate of drug-likeness (QED) is 0.579. The third-order valence-corrected chi connectivity index (χ3v) is 6.35. The minimum Gasteiger partial charge on any atom is -0.445 e. The molecule has 8 nitrogen and oxygen atoms in total. The third-order valence-electron chi connectivity index (χ3n) is 6.35. The molecule has 2 aromatic heterocycles. The van der Waals surface area contributed by atoms with E-state index in [4.69, 9.17) is 14.8 Å². The Morgan fingerprint density at radius 3 is 2.94 bits per heavy atom. The Hall–Kier alpha value is -2.00. The van der Waals surface area contributed by atoms with E-state index in [1.54, 1.807) is 0 Å². The van der Waals surface area contributed by atoms with Gasteiger partial charge in [-0.3, -0.25) is 9.78 Å². The average molecular weight is 432 g/mol. The number of aryl methyl sites for hydroxylation is 2. The van der Waals surface area contributed by atoms with Gasteiger partial charge in [0, 0.05) is 49.4 Å². The van der Waals surface area contributed by atoms with Gasteiger partial charge in [0.1, 0.15) is 12.7 Å². The van der Waals surface area contributed by atoms with Gasteiger partial charge in [-0.25, -0.2) is 0 Å². The fourth-order valence-corrected chi connectivity index (χ4v) is 4.51. The van der Waals surface area contributed by atoms with Crippen LogP contribution in [0.4, 0.5) is 0 Å². The van der Waals surface area contributed by atoms with Gasteiger partial charge < -0.3 is 29.7 Å². The first-order chi connectivity index (χ1) is 15.1. The summed E-state index contributed by atoms with van der Waals surface area (Å²) in [5, 5.41) is 21.3. The van der Waals surface area contributed by atoms with Crippen molar-refractivity contribution in [2.75, 3.05) is 26.3 Å². The van der Waals surface area contributed by atoms with Gasteiger partial charge in [0.2, 0.25) is 0 Å². The summed E-state index contributed by atoms with van der Waals surface area (Å²) in [6, 6.07) is 4.29. The number of hydrogen-bond donors (Lipinski definition) is 2. The van der Waals surface area contributed by atoms with Gasteiger partial charge in [0.25, 0.3) is 5.91 Å². The number of aromatic nitrogens is 2. The second kappa shape index (κ2) is 9.65. The van der Waals surface area contributed by atoms with E-state index in [1.165, 1.54) is 0 Å². The maximum Gasteiger partial charge on any atom is 0.253 e. The van der Waals surface area contributed by atoms with Gasteiger partial charge in [-0.05, 0) is 38.3 Å². The third kappa shape index (κ3) is 4.62. The number of rotatable bonds is 9. The van der Waals surface area contributed by atoms with E-state index < -0.39 is 6.10 Å². The summed E-state index contributed by atoms with van der Waals surface area (Å²) in [4.78, 5) is 20.4. The number of fused-ring (bicyclic) bond motifs is 1. The summed E-state index contributed by atoms with van der Waals surface area (Å²) in [6.45, 7) is 6.31. The Morgan fingerprint density at radius 1 is 1.45 bits per heavy atom. The van der Waals surface area contributed by atoms with E-state index in [2.05, 4.69) is 42.1 Å². The van der Waals surface area contributed by atoms with Crippen molar-refractivity contribution in [2.24, 2.45) is 0 Å². The largest absolute Gasteiger partial charge is 0.445 e. The van der Waals surface area contributed by atoms with E-state index in [0.29, 0.717) is 19.7 Å². The maximum absolute atomic E-state index is 13.5. The number of amides is 1. The zero-order chi connectivity index (χ0) is 22.0. The van der Waals surface area contributed by atoms with Crippen LogP contribution in [0.5, 0.6) is 0 Å². The molecule has 0 unspecified atom stereocenters. The predicted octanol–water partition coefficient (Wildman–Crippen LogP) is 1.11. The molecule has 1 saturated carbocycles.